The summed E-state index contributed by atoms with van der Waals surface area (Å²) in [5.74, 6) is 0.343. The third-order valence-corrected chi connectivity index (χ3v) is 3.95. The van der Waals surface area contributed by atoms with Crippen molar-refractivity contribution in [3.8, 4) is 5.75 Å². The molecule has 0 unspecified atom stereocenters. The summed E-state index contributed by atoms with van der Waals surface area (Å²) in [6.45, 7) is 0. The van der Waals surface area contributed by atoms with Gasteiger partial charge >= 0.3 is 0 Å². The van der Waals surface area contributed by atoms with Crippen molar-refractivity contribution in [3.05, 3.63) is 54.6 Å². The van der Waals surface area contributed by atoms with Crippen molar-refractivity contribution >= 4 is 19.9 Å². The summed E-state index contributed by atoms with van der Waals surface area (Å²) in [6.07, 6.45) is 0. The first kappa shape index (κ1) is 9.03. The lowest BCUT2D eigenvalue weighted by Gasteiger charge is -2.00. The lowest BCUT2D eigenvalue weighted by atomic mass is 10.3. The van der Waals surface area contributed by atoms with Crippen LogP contribution in [-0.4, -0.2) is 14.6 Å². The average Bonchev–Trinajstić information content (AvgIpc) is 2.23. The number of aromatic hydroxyl groups is 1. The van der Waals surface area contributed by atoms with E-state index in [0.717, 1.165) is 0 Å². The van der Waals surface area contributed by atoms with Crippen LogP contribution in [0.15, 0.2) is 54.6 Å². The monoisotopic (exact) mass is 200 g/mol. The smallest absolute Gasteiger partial charge is 0.115 e. The van der Waals surface area contributed by atoms with Gasteiger partial charge in [0.1, 0.15) is 5.75 Å². The van der Waals surface area contributed by atoms with Gasteiger partial charge in [0.05, 0.1) is 9.52 Å². The molecule has 1 N–H and O–H groups in total. The molecule has 0 fully saturated rings. The molecule has 70 valence electrons. The van der Waals surface area contributed by atoms with Crippen LogP contribution < -0.4 is 10.4 Å². The number of rotatable bonds is 2. The predicted molar refractivity (Wildman–Crippen MR) is 62.4 cm³/mol. The molecule has 0 aliphatic rings. The Hall–Kier alpha value is -1.54. The van der Waals surface area contributed by atoms with E-state index in [-0.39, 0.29) is 9.52 Å². The van der Waals surface area contributed by atoms with Crippen LogP contribution in [0.5, 0.6) is 5.75 Å². The van der Waals surface area contributed by atoms with Crippen LogP contribution in [0, 0.1) is 0 Å². The van der Waals surface area contributed by atoms with Gasteiger partial charge in [0.25, 0.3) is 0 Å². The van der Waals surface area contributed by atoms with Crippen molar-refractivity contribution < 1.29 is 5.11 Å². The third kappa shape index (κ3) is 2.23. The maximum absolute atomic E-state index is 9.14. The Morgan fingerprint density at radius 2 is 1.29 bits per heavy atom. The van der Waals surface area contributed by atoms with E-state index >= 15 is 0 Å². The topological polar surface area (TPSA) is 20.2 Å². The van der Waals surface area contributed by atoms with Gasteiger partial charge in [-0.25, -0.2) is 0 Å². The fraction of sp³-hybridized carbons (Fsp3) is 0. The summed E-state index contributed by atoms with van der Waals surface area (Å²) in [7, 11) is -0.361. The minimum absolute atomic E-state index is 0.343. The fourth-order valence-electron chi connectivity index (χ4n) is 1.45. The van der Waals surface area contributed by atoms with Crippen molar-refractivity contribution in [2.75, 3.05) is 0 Å². The van der Waals surface area contributed by atoms with Crippen LogP contribution in [0.1, 0.15) is 0 Å². The predicted octanol–water partition coefficient (Wildman–Crippen LogP) is 0.512. The SMILES string of the molecule is Oc1ccc([SiH2]c2ccccc2)cc1. The molecule has 0 aliphatic carbocycles. The van der Waals surface area contributed by atoms with Crippen molar-refractivity contribution in [3.63, 3.8) is 0 Å². The highest BCUT2D eigenvalue weighted by Crippen LogP contribution is 2.02. The normalized spacial score (nSPS) is 10.9. The summed E-state index contributed by atoms with van der Waals surface area (Å²) in [4.78, 5) is 0. The van der Waals surface area contributed by atoms with E-state index in [1.54, 1.807) is 12.1 Å². The molecular formula is C12H12OSi. The summed E-state index contributed by atoms with van der Waals surface area (Å²) in [6, 6.07) is 18.0. The summed E-state index contributed by atoms with van der Waals surface area (Å²) in [5, 5.41) is 11.9. The molecule has 14 heavy (non-hydrogen) atoms. The molecule has 2 rings (SSSR count). The van der Waals surface area contributed by atoms with Gasteiger partial charge in [-0.2, -0.15) is 0 Å². The van der Waals surface area contributed by atoms with E-state index in [1.165, 1.54) is 10.4 Å². The second-order valence-corrected chi connectivity index (χ2v) is 5.32. The lowest BCUT2D eigenvalue weighted by Crippen LogP contribution is -2.26. The molecule has 2 aromatic carbocycles. The average molecular weight is 200 g/mol. The zero-order valence-electron chi connectivity index (χ0n) is 7.85. The minimum atomic E-state index is -0.361. The minimum Gasteiger partial charge on any atom is -0.508 e. The van der Waals surface area contributed by atoms with Crippen LogP contribution >= 0.6 is 0 Å². The Kier molecular flexibility index (Phi) is 2.65. The van der Waals surface area contributed by atoms with Crippen molar-refractivity contribution in [1.82, 2.24) is 0 Å². The largest absolute Gasteiger partial charge is 0.508 e. The van der Waals surface area contributed by atoms with E-state index in [2.05, 4.69) is 24.3 Å². The van der Waals surface area contributed by atoms with Gasteiger partial charge in [0.2, 0.25) is 0 Å². The molecule has 0 radical (unpaired) electrons. The van der Waals surface area contributed by atoms with E-state index in [9.17, 15) is 0 Å². The highest BCUT2D eigenvalue weighted by Gasteiger charge is 1.96. The van der Waals surface area contributed by atoms with E-state index in [0.29, 0.717) is 5.75 Å². The van der Waals surface area contributed by atoms with Crippen LogP contribution in [0.3, 0.4) is 0 Å². The molecule has 2 heteroatoms. The first-order valence-corrected chi connectivity index (χ1v) is 6.08. The fourth-order valence-corrected chi connectivity index (χ4v) is 2.90. The van der Waals surface area contributed by atoms with Crippen molar-refractivity contribution in [2.45, 2.75) is 0 Å². The molecule has 0 heterocycles. The standard InChI is InChI=1S/C12H12OSi/c13-10-6-8-12(9-7-10)14-11-4-2-1-3-5-11/h1-9,13H,14H2. The van der Waals surface area contributed by atoms with Gasteiger partial charge in [-0.3, -0.25) is 0 Å². The molecule has 0 amide bonds. The van der Waals surface area contributed by atoms with Gasteiger partial charge in [-0.1, -0.05) is 52.8 Å². The van der Waals surface area contributed by atoms with Gasteiger partial charge in [0.15, 0.2) is 0 Å². The Labute approximate surface area is 85.9 Å². The molecule has 0 aliphatic heterocycles. The highest BCUT2D eigenvalue weighted by molar-refractivity contribution is 6.67. The maximum atomic E-state index is 9.14. The summed E-state index contributed by atoms with van der Waals surface area (Å²) < 4.78 is 0. The summed E-state index contributed by atoms with van der Waals surface area (Å²) >= 11 is 0. The Bertz CT molecular complexity index is 394. The second kappa shape index (κ2) is 4.11. The summed E-state index contributed by atoms with van der Waals surface area (Å²) in [5.41, 5.74) is 0. The molecule has 0 saturated carbocycles. The van der Waals surface area contributed by atoms with Gasteiger partial charge in [-0.15, -0.1) is 0 Å². The quantitative estimate of drug-likeness (QED) is 0.700. The molecule has 0 atom stereocenters. The third-order valence-electron chi connectivity index (χ3n) is 2.19. The number of phenolic OH excluding ortho intramolecular Hbond substituents is 1. The Morgan fingerprint density at radius 3 is 1.93 bits per heavy atom. The Balaban J connectivity index is 2.16. The first-order chi connectivity index (χ1) is 6.84. The van der Waals surface area contributed by atoms with Gasteiger partial charge < -0.3 is 5.11 Å². The molecule has 0 saturated heterocycles. The molecule has 1 nitrogen and oxygen atoms in total. The molecule has 0 spiro atoms. The number of hydrogen-bond donors (Lipinski definition) is 1. The van der Waals surface area contributed by atoms with Crippen LogP contribution in [0.4, 0.5) is 0 Å². The molecule has 0 bridgehead atoms. The molecule has 2 aromatic rings. The van der Waals surface area contributed by atoms with Gasteiger partial charge in [-0.05, 0) is 12.1 Å². The zero-order valence-corrected chi connectivity index (χ0v) is 9.26. The molecule has 0 aromatic heterocycles. The van der Waals surface area contributed by atoms with Crippen LogP contribution in [0.25, 0.3) is 0 Å². The number of phenols is 1. The van der Waals surface area contributed by atoms with E-state index in [1.807, 2.05) is 18.2 Å². The highest BCUT2D eigenvalue weighted by atomic mass is 28.2. The maximum Gasteiger partial charge on any atom is 0.115 e. The zero-order chi connectivity index (χ0) is 9.80. The van der Waals surface area contributed by atoms with Crippen LogP contribution in [-0.2, 0) is 0 Å². The van der Waals surface area contributed by atoms with Gasteiger partial charge in [0, 0.05) is 0 Å². The van der Waals surface area contributed by atoms with E-state index < -0.39 is 0 Å². The second-order valence-electron chi connectivity index (χ2n) is 3.33. The number of benzene rings is 2. The van der Waals surface area contributed by atoms with E-state index in [4.69, 9.17) is 5.11 Å². The molecular weight excluding hydrogens is 188 g/mol. The number of hydrogen-bond acceptors (Lipinski definition) is 1. The van der Waals surface area contributed by atoms with Crippen LogP contribution in [0.2, 0.25) is 0 Å². The Morgan fingerprint density at radius 1 is 0.714 bits per heavy atom. The lowest BCUT2D eigenvalue weighted by molar-refractivity contribution is 0.475. The van der Waals surface area contributed by atoms with Crippen molar-refractivity contribution in [1.29, 1.82) is 0 Å². The first-order valence-electron chi connectivity index (χ1n) is 4.66. The van der Waals surface area contributed by atoms with Crippen molar-refractivity contribution in [2.24, 2.45) is 0 Å².